The Morgan fingerprint density at radius 1 is 1.04 bits per heavy atom. The van der Waals surface area contributed by atoms with E-state index in [1.165, 1.54) is 5.56 Å². The molecule has 0 amide bonds. The summed E-state index contributed by atoms with van der Waals surface area (Å²) < 4.78 is 11.6. The molecule has 0 aliphatic carbocycles. The monoisotopic (exact) mass is 383 g/mol. The van der Waals surface area contributed by atoms with Crippen LogP contribution in [0.1, 0.15) is 23.8 Å². The maximum absolute atomic E-state index is 11.4. The van der Waals surface area contributed by atoms with Crippen LogP contribution in [0.3, 0.4) is 0 Å². The fourth-order valence-electron chi connectivity index (χ4n) is 3.90. The molecule has 2 aromatic carbocycles. The van der Waals surface area contributed by atoms with Crippen LogP contribution < -0.4 is 4.90 Å². The first-order valence-electron chi connectivity index (χ1n) is 9.73. The highest BCUT2D eigenvalue weighted by molar-refractivity contribution is 5.59. The first-order valence-corrected chi connectivity index (χ1v) is 9.73. The van der Waals surface area contributed by atoms with Gasteiger partial charge in [0.25, 0.3) is 5.69 Å². The third-order valence-corrected chi connectivity index (χ3v) is 5.27. The summed E-state index contributed by atoms with van der Waals surface area (Å²) in [6.45, 7) is 5.17. The van der Waals surface area contributed by atoms with Crippen molar-refractivity contribution in [2.75, 3.05) is 44.4 Å². The first-order chi connectivity index (χ1) is 13.7. The molecule has 0 spiro atoms. The van der Waals surface area contributed by atoms with Crippen LogP contribution >= 0.6 is 0 Å². The summed E-state index contributed by atoms with van der Waals surface area (Å²) >= 11 is 0. The van der Waals surface area contributed by atoms with Crippen LogP contribution in [0, 0.1) is 10.1 Å². The van der Waals surface area contributed by atoms with Gasteiger partial charge in [0.05, 0.1) is 24.7 Å². The van der Waals surface area contributed by atoms with Crippen molar-refractivity contribution >= 4 is 11.4 Å². The lowest BCUT2D eigenvalue weighted by atomic mass is 10.1. The number of anilines is 1. The highest BCUT2D eigenvalue weighted by Crippen LogP contribution is 2.37. The van der Waals surface area contributed by atoms with E-state index in [-0.39, 0.29) is 16.8 Å². The van der Waals surface area contributed by atoms with Crippen molar-refractivity contribution in [2.45, 2.75) is 19.2 Å². The van der Waals surface area contributed by atoms with Crippen molar-refractivity contribution in [3.05, 3.63) is 69.8 Å². The molecular formula is C21H25N3O4. The van der Waals surface area contributed by atoms with E-state index in [9.17, 15) is 10.1 Å². The minimum Gasteiger partial charge on any atom is -0.378 e. The zero-order valence-electron chi connectivity index (χ0n) is 15.8. The molecule has 2 aromatic rings. The SMILES string of the molecule is O=[N+]([O-])c1ccc(N2CCOCC2)c(C2OCCCN2Cc2ccccc2)c1. The van der Waals surface area contributed by atoms with E-state index < -0.39 is 0 Å². The third-order valence-electron chi connectivity index (χ3n) is 5.27. The zero-order chi connectivity index (χ0) is 19.3. The lowest BCUT2D eigenvalue weighted by Crippen LogP contribution is -2.40. The van der Waals surface area contributed by atoms with Crippen LogP contribution in [-0.4, -0.2) is 49.3 Å². The molecule has 4 rings (SSSR count). The Kier molecular flexibility index (Phi) is 5.85. The van der Waals surface area contributed by atoms with Gasteiger partial charge in [-0.05, 0) is 18.1 Å². The number of morpholine rings is 1. The lowest BCUT2D eigenvalue weighted by molar-refractivity contribution is -0.385. The van der Waals surface area contributed by atoms with Gasteiger partial charge in [-0.1, -0.05) is 30.3 Å². The summed E-state index contributed by atoms with van der Waals surface area (Å²) in [6, 6.07) is 15.4. The normalized spacial score (nSPS) is 20.9. The standard InChI is InChI=1S/C21H25N3O4/c25-24(26)18-7-8-20(22-10-13-27-14-11-22)19(15-18)21-23(9-4-12-28-21)16-17-5-2-1-3-6-17/h1-3,5-8,15,21H,4,9-14,16H2. The van der Waals surface area contributed by atoms with Gasteiger partial charge >= 0.3 is 0 Å². The van der Waals surface area contributed by atoms with Crippen molar-refractivity contribution in [2.24, 2.45) is 0 Å². The molecule has 7 heteroatoms. The van der Waals surface area contributed by atoms with Crippen LogP contribution in [0.2, 0.25) is 0 Å². The van der Waals surface area contributed by atoms with Gasteiger partial charge in [-0.15, -0.1) is 0 Å². The van der Waals surface area contributed by atoms with E-state index in [1.54, 1.807) is 12.1 Å². The number of hydrogen-bond acceptors (Lipinski definition) is 6. The molecule has 0 saturated carbocycles. The molecule has 2 aliphatic rings. The van der Waals surface area contributed by atoms with E-state index in [2.05, 4.69) is 21.9 Å². The molecule has 2 aliphatic heterocycles. The number of nitro benzene ring substituents is 1. The predicted molar refractivity (Wildman–Crippen MR) is 106 cm³/mol. The van der Waals surface area contributed by atoms with E-state index in [0.29, 0.717) is 19.8 Å². The number of nitrogens with zero attached hydrogens (tertiary/aromatic N) is 3. The molecule has 0 radical (unpaired) electrons. The number of benzene rings is 2. The smallest absolute Gasteiger partial charge is 0.270 e. The van der Waals surface area contributed by atoms with Gasteiger partial charge < -0.3 is 14.4 Å². The highest BCUT2D eigenvalue weighted by atomic mass is 16.6. The molecule has 7 nitrogen and oxygen atoms in total. The fourth-order valence-corrected chi connectivity index (χ4v) is 3.90. The Morgan fingerprint density at radius 3 is 2.57 bits per heavy atom. The molecule has 148 valence electrons. The van der Waals surface area contributed by atoms with Crippen molar-refractivity contribution < 1.29 is 14.4 Å². The molecule has 0 bridgehead atoms. The average Bonchev–Trinajstić information content (AvgIpc) is 2.75. The quantitative estimate of drug-likeness (QED) is 0.583. The summed E-state index contributed by atoms with van der Waals surface area (Å²) in [7, 11) is 0. The second-order valence-electron chi connectivity index (χ2n) is 7.13. The number of rotatable bonds is 5. The van der Waals surface area contributed by atoms with E-state index in [4.69, 9.17) is 9.47 Å². The van der Waals surface area contributed by atoms with Gasteiger partial charge in [0.1, 0.15) is 6.23 Å². The van der Waals surface area contributed by atoms with E-state index in [1.807, 2.05) is 24.3 Å². The summed E-state index contributed by atoms with van der Waals surface area (Å²) in [6.07, 6.45) is 0.650. The van der Waals surface area contributed by atoms with Gasteiger partial charge in [-0.3, -0.25) is 15.0 Å². The van der Waals surface area contributed by atoms with Gasteiger partial charge in [-0.25, -0.2) is 0 Å². The van der Waals surface area contributed by atoms with Crippen molar-refractivity contribution in [1.82, 2.24) is 4.90 Å². The molecule has 0 aromatic heterocycles. The van der Waals surface area contributed by atoms with Crippen LogP contribution in [0.15, 0.2) is 48.5 Å². The highest BCUT2D eigenvalue weighted by Gasteiger charge is 2.30. The molecular weight excluding hydrogens is 358 g/mol. The van der Waals surface area contributed by atoms with Crippen LogP contribution in [0.25, 0.3) is 0 Å². The Balaban J connectivity index is 1.68. The van der Waals surface area contributed by atoms with Crippen molar-refractivity contribution in [3.8, 4) is 0 Å². The van der Waals surface area contributed by atoms with Gasteiger partial charge in [0, 0.05) is 49.6 Å². The molecule has 0 N–H and O–H groups in total. The minimum atomic E-state index is -0.336. The number of ether oxygens (including phenoxy) is 2. The number of nitro groups is 1. The van der Waals surface area contributed by atoms with Gasteiger partial charge in [-0.2, -0.15) is 0 Å². The van der Waals surface area contributed by atoms with Crippen molar-refractivity contribution in [3.63, 3.8) is 0 Å². The molecule has 2 heterocycles. The lowest BCUT2D eigenvalue weighted by Gasteiger charge is -2.39. The Morgan fingerprint density at radius 2 is 1.82 bits per heavy atom. The third kappa shape index (κ3) is 4.16. The molecule has 1 atom stereocenters. The Labute approximate surface area is 164 Å². The van der Waals surface area contributed by atoms with Crippen LogP contribution in [-0.2, 0) is 16.0 Å². The van der Waals surface area contributed by atoms with Gasteiger partial charge in [0.15, 0.2) is 0 Å². The first kappa shape index (κ1) is 18.9. The molecule has 28 heavy (non-hydrogen) atoms. The second kappa shape index (κ2) is 8.68. The fraction of sp³-hybridized carbons (Fsp3) is 0.429. The number of hydrogen-bond donors (Lipinski definition) is 0. The van der Waals surface area contributed by atoms with Crippen LogP contribution in [0.4, 0.5) is 11.4 Å². The molecule has 1 unspecified atom stereocenters. The summed E-state index contributed by atoms with van der Waals surface area (Å²) in [5, 5.41) is 11.4. The molecule has 2 saturated heterocycles. The number of non-ortho nitro benzene ring substituents is 1. The Hall–Kier alpha value is -2.48. The predicted octanol–water partition coefficient (Wildman–Crippen LogP) is 3.35. The van der Waals surface area contributed by atoms with E-state index >= 15 is 0 Å². The minimum absolute atomic E-state index is 0.0980. The summed E-state index contributed by atoms with van der Waals surface area (Å²) in [5.41, 5.74) is 3.17. The summed E-state index contributed by atoms with van der Waals surface area (Å²) in [5.74, 6) is 0. The van der Waals surface area contributed by atoms with Crippen molar-refractivity contribution in [1.29, 1.82) is 0 Å². The molecule has 2 fully saturated rings. The van der Waals surface area contributed by atoms with E-state index in [0.717, 1.165) is 43.9 Å². The summed E-state index contributed by atoms with van der Waals surface area (Å²) in [4.78, 5) is 15.6. The largest absolute Gasteiger partial charge is 0.378 e. The maximum Gasteiger partial charge on any atom is 0.270 e. The Bertz CT molecular complexity index is 809. The zero-order valence-corrected chi connectivity index (χ0v) is 15.8. The van der Waals surface area contributed by atoms with Crippen LogP contribution in [0.5, 0.6) is 0 Å². The van der Waals surface area contributed by atoms with Gasteiger partial charge in [0.2, 0.25) is 0 Å². The topological polar surface area (TPSA) is 68.1 Å². The second-order valence-corrected chi connectivity index (χ2v) is 7.13. The maximum atomic E-state index is 11.4. The average molecular weight is 383 g/mol.